The number of rotatable bonds is 4. The van der Waals surface area contributed by atoms with Crippen LogP contribution in [-0.4, -0.2) is 14.8 Å². The van der Waals surface area contributed by atoms with Crippen LogP contribution in [0.4, 0.5) is 5.69 Å². The molecule has 0 amide bonds. The molecule has 0 spiro atoms. The van der Waals surface area contributed by atoms with Crippen molar-refractivity contribution in [2.45, 2.75) is 20.0 Å². The van der Waals surface area contributed by atoms with E-state index in [0.29, 0.717) is 6.54 Å². The second-order valence-electron chi connectivity index (χ2n) is 4.54. The molecule has 2 heterocycles. The first-order valence-corrected chi connectivity index (χ1v) is 6.94. The fourth-order valence-corrected chi connectivity index (χ4v) is 2.38. The lowest BCUT2D eigenvalue weighted by Crippen LogP contribution is -2.00. The van der Waals surface area contributed by atoms with Crippen LogP contribution in [0.5, 0.6) is 0 Å². The van der Waals surface area contributed by atoms with Gasteiger partial charge < -0.3 is 5.32 Å². The summed E-state index contributed by atoms with van der Waals surface area (Å²) in [7, 11) is 0. The molecule has 1 aromatic carbocycles. The van der Waals surface area contributed by atoms with E-state index in [-0.39, 0.29) is 0 Å². The Kier molecular flexibility index (Phi) is 3.56. The highest BCUT2D eigenvalue weighted by Crippen LogP contribution is 2.25. The van der Waals surface area contributed by atoms with Gasteiger partial charge in [0.1, 0.15) is 0 Å². The van der Waals surface area contributed by atoms with Gasteiger partial charge in [-0.15, -0.1) is 0 Å². The van der Waals surface area contributed by atoms with Crippen LogP contribution in [0.1, 0.15) is 12.5 Å². The number of pyridine rings is 1. The Morgan fingerprint density at radius 2 is 2.20 bits per heavy atom. The van der Waals surface area contributed by atoms with E-state index in [4.69, 9.17) is 11.6 Å². The van der Waals surface area contributed by atoms with Gasteiger partial charge in [0.05, 0.1) is 17.4 Å². The maximum absolute atomic E-state index is 6.19. The predicted octanol–water partition coefficient (Wildman–Crippen LogP) is 3.72. The van der Waals surface area contributed by atoms with E-state index in [1.54, 1.807) is 6.20 Å². The molecule has 5 heteroatoms. The van der Waals surface area contributed by atoms with E-state index in [2.05, 4.69) is 22.3 Å². The van der Waals surface area contributed by atoms with Crippen LogP contribution in [0.25, 0.3) is 10.9 Å². The van der Waals surface area contributed by atoms with Crippen molar-refractivity contribution in [2.24, 2.45) is 0 Å². The number of nitrogens with one attached hydrogen (secondary N) is 1. The summed E-state index contributed by atoms with van der Waals surface area (Å²) in [5.41, 5.74) is 3.07. The van der Waals surface area contributed by atoms with Crippen LogP contribution in [0, 0.1) is 0 Å². The molecule has 2 aromatic heterocycles. The lowest BCUT2D eigenvalue weighted by molar-refractivity contribution is 0.660. The minimum Gasteiger partial charge on any atom is -0.378 e. The Balaban J connectivity index is 1.86. The van der Waals surface area contributed by atoms with E-state index in [0.717, 1.165) is 33.7 Å². The predicted molar refractivity (Wildman–Crippen MR) is 82.0 cm³/mol. The van der Waals surface area contributed by atoms with Gasteiger partial charge in [0.25, 0.3) is 0 Å². The summed E-state index contributed by atoms with van der Waals surface area (Å²) >= 11 is 6.19. The van der Waals surface area contributed by atoms with Crippen LogP contribution in [0.2, 0.25) is 5.02 Å². The number of benzene rings is 1. The molecule has 0 radical (unpaired) electrons. The maximum Gasteiger partial charge on any atom is 0.0766 e. The van der Waals surface area contributed by atoms with Crippen molar-refractivity contribution in [1.82, 2.24) is 14.8 Å². The van der Waals surface area contributed by atoms with E-state index < -0.39 is 0 Å². The molecule has 20 heavy (non-hydrogen) atoms. The molecule has 0 unspecified atom stereocenters. The molecule has 0 aliphatic carbocycles. The number of nitrogens with zero attached hydrogens (tertiary/aromatic N) is 3. The molecule has 0 saturated carbocycles. The lowest BCUT2D eigenvalue weighted by Gasteiger charge is -2.08. The van der Waals surface area contributed by atoms with Crippen molar-refractivity contribution in [2.75, 3.05) is 5.32 Å². The highest BCUT2D eigenvalue weighted by Gasteiger charge is 2.06. The van der Waals surface area contributed by atoms with Crippen molar-refractivity contribution >= 4 is 28.2 Å². The van der Waals surface area contributed by atoms with Gasteiger partial charge in [0.15, 0.2) is 0 Å². The normalized spacial score (nSPS) is 10.9. The first-order chi connectivity index (χ1) is 9.78. The second-order valence-corrected chi connectivity index (χ2v) is 4.95. The number of anilines is 1. The average Bonchev–Trinajstić information content (AvgIpc) is 2.95. The number of aromatic nitrogens is 3. The summed E-state index contributed by atoms with van der Waals surface area (Å²) in [6.07, 6.45) is 5.61. The van der Waals surface area contributed by atoms with E-state index >= 15 is 0 Å². The highest BCUT2D eigenvalue weighted by atomic mass is 35.5. The largest absolute Gasteiger partial charge is 0.378 e. The van der Waals surface area contributed by atoms with Gasteiger partial charge in [0, 0.05) is 35.9 Å². The monoisotopic (exact) mass is 286 g/mol. The number of aryl methyl sites for hydroxylation is 1. The van der Waals surface area contributed by atoms with Gasteiger partial charge in [0.2, 0.25) is 0 Å². The molecule has 0 aliphatic heterocycles. The fourth-order valence-electron chi connectivity index (χ4n) is 2.16. The Hall–Kier alpha value is -2.07. The minimum absolute atomic E-state index is 0.695. The molecular formula is C15H15ClN4. The van der Waals surface area contributed by atoms with Crippen molar-refractivity contribution in [3.8, 4) is 0 Å². The molecule has 0 fully saturated rings. The molecule has 102 valence electrons. The number of fused-ring (bicyclic) bond motifs is 1. The van der Waals surface area contributed by atoms with E-state index in [1.807, 2.05) is 41.3 Å². The fraction of sp³-hybridized carbons (Fsp3) is 0.200. The van der Waals surface area contributed by atoms with E-state index in [9.17, 15) is 0 Å². The smallest absolute Gasteiger partial charge is 0.0766 e. The Labute approximate surface area is 122 Å². The zero-order valence-electron chi connectivity index (χ0n) is 11.2. The lowest BCUT2D eigenvalue weighted by atomic mass is 10.1. The molecule has 3 aromatic rings. The standard InChI is InChI=1S/C15H15ClN4/c1-2-20-10-12(9-19-20)18-8-11-5-6-14(16)13-4-3-7-17-15(11)13/h3-7,9-10,18H,2,8H2,1H3. The van der Waals surface area contributed by atoms with Gasteiger partial charge in [-0.05, 0) is 30.7 Å². The topological polar surface area (TPSA) is 42.7 Å². The molecule has 0 saturated heterocycles. The second kappa shape index (κ2) is 5.51. The van der Waals surface area contributed by atoms with Gasteiger partial charge >= 0.3 is 0 Å². The molecule has 0 bridgehead atoms. The van der Waals surface area contributed by atoms with Crippen molar-refractivity contribution in [1.29, 1.82) is 0 Å². The van der Waals surface area contributed by atoms with Crippen molar-refractivity contribution in [3.63, 3.8) is 0 Å². The number of halogens is 1. The molecule has 1 N–H and O–H groups in total. The van der Waals surface area contributed by atoms with E-state index in [1.165, 1.54) is 0 Å². The summed E-state index contributed by atoms with van der Waals surface area (Å²) in [6.45, 7) is 3.63. The van der Waals surface area contributed by atoms with Crippen LogP contribution >= 0.6 is 11.6 Å². The zero-order chi connectivity index (χ0) is 13.9. The van der Waals surface area contributed by atoms with Gasteiger partial charge in [-0.1, -0.05) is 17.7 Å². The van der Waals surface area contributed by atoms with Gasteiger partial charge in [-0.2, -0.15) is 5.10 Å². The summed E-state index contributed by atoms with van der Waals surface area (Å²) < 4.78 is 1.89. The number of hydrogen-bond acceptors (Lipinski definition) is 3. The zero-order valence-corrected chi connectivity index (χ0v) is 11.9. The summed E-state index contributed by atoms with van der Waals surface area (Å²) in [5, 5.41) is 9.32. The van der Waals surface area contributed by atoms with Crippen LogP contribution in [0.15, 0.2) is 42.9 Å². The Morgan fingerprint density at radius 1 is 1.30 bits per heavy atom. The minimum atomic E-state index is 0.695. The molecule has 3 rings (SSSR count). The third kappa shape index (κ3) is 2.47. The Bertz CT molecular complexity index is 736. The SMILES string of the molecule is CCn1cc(NCc2ccc(Cl)c3cccnc23)cn1. The number of hydrogen-bond donors (Lipinski definition) is 1. The summed E-state index contributed by atoms with van der Waals surface area (Å²) in [4.78, 5) is 4.43. The van der Waals surface area contributed by atoms with Crippen molar-refractivity contribution < 1.29 is 0 Å². The maximum atomic E-state index is 6.19. The molecule has 0 atom stereocenters. The summed E-state index contributed by atoms with van der Waals surface area (Å²) in [5.74, 6) is 0. The Morgan fingerprint density at radius 3 is 3.00 bits per heavy atom. The highest BCUT2D eigenvalue weighted by molar-refractivity contribution is 6.35. The quantitative estimate of drug-likeness (QED) is 0.795. The molecular weight excluding hydrogens is 272 g/mol. The molecule has 0 aliphatic rings. The van der Waals surface area contributed by atoms with Gasteiger partial charge in [-0.25, -0.2) is 0 Å². The van der Waals surface area contributed by atoms with Gasteiger partial charge in [-0.3, -0.25) is 9.67 Å². The third-order valence-corrected chi connectivity index (χ3v) is 3.57. The molecule has 4 nitrogen and oxygen atoms in total. The average molecular weight is 287 g/mol. The summed E-state index contributed by atoms with van der Waals surface area (Å²) in [6, 6.07) is 7.81. The first-order valence-electron chi connectivity index (χ1n) is 6.56. The van der Waals surface area contributed by atoms with Crippen molar-refractivity contribution in [3.05, 3.63) is 53.4 Å². The van der Waals surface area contributed by atoms with Crippen LogP contribution in [-0.2, 0) is 13.1 Å². The first kappa shape index (κ1) is 12.9. The van der Waals surface area contributed by atoms with Crippen LogP contribution in [0.3, 0.4) is 0 Å². The third-order valence-electron chi connectivity index (χ3n) is 3.24. The van der Waals surface area contributed by atoms with Crippen LogP contribution < -0.4 is 5.32 Å².